The van der Waals surface area contributed by atoms with Crippen LogP contribution in [0.25, 0.3) is 0 Å². The molecule has 0 aromatic heterocycles. The summed E-state index contributed by atoms with van der Waals surface area (Å²) in [7, 11) is 1.50. The van der Waals surface area contributed by atoms with Gasteiger partial charge >= 0.3 is 0 Å². The van der Waals surface area contributed by atoms with Crippen LogP contribution in [0.4, 0.5) is 0 Å². The number of benzene rings is 1. The predicted octanol–water partition coefficient (Wildman–Crippen LogP) is 2.27. The van der Waals surface area contributed by atoms with E-state index in [1.807, 2.05) is 0 Å². The normalized spacial score (nSPS) is 24.4. The first-order valence-electron chi connectivity index (χ1n) is 13.9. The average molecular weight is 531 g/mol. The molecule has 9 nitrogen and oxygen atoms in total. The second-order valence-corrected chi connectivity index (χ2v) is 11.1. The van der Waals surface area contributed by atoms with Crippen LogP contribution in [0.5, 0.6) is 11.5 Å². The summed E-state index contributed by atoms with van der Waals surface area (Å²) in [5.41, 5.74) is 1.62. The van der Waals surface area contributed by atoms with E-state index in [0.29, 0.717) is 53.0 Å². The quantitative estimate of drug-likeness (QED) is 0.346. The number of fused-ring (bicyclic) bond motifs is 3. The minimum atomic E-state index is -1.08. The molecule has 4 rings (SSSR count). The van der Waals surface area contributed by atoms with Crippen molar-refractivity contribution in [2.24, 2.45) is 11.8 Å². The zero-order valence-corrected chi connectivity index (χ0v) is 22.7. The fourth-order valence-electron chi connectivity index (χ4n) is 6.04. The molecule has 1 fully saturated rings. The van der Waals surface area contributed by atoms with E-state index in [2.05, 4.69) is 19.2 Å². The van der Waals surface area contributed by atoms with E-state index < -0.39 is 24.2 Å². The summed E-state index contributed by atoms with van der Waals surface area (Å²) in [5.74, 6) is 0.522. The maximum Gasteiger partial charge on any atom is 0.247 e. The molecule has 2 amide bonds. The molecule has 3 aliphatic rings. The first kappa shape index (κ1) is 28.4. The highest BCUT2D eigenvalue weighted by atomic mass is 16.5. The smallest absolute Gasteiger partial charge is 0.247 e. The topological polar surface area (TPSA) is 129 Å². The Balaban J connectivity index is 1.75. The van der Waals surface area contributed by atoms with Crippen LogP contribution >= 0.6 is 0 Å². The van der Waals surface area contributed by atoms with Gasteiger partial charge in [-0.1, -0.05) is 26.7 Å². The number of carbonyl (C=O) groups excluding carboxylic acids is 2. The van der Waals surface area contributed by atoms with Gasteiger partial charge in [0.2, 0.25) is 11.8 Å². The van der Waals surface area contributed by atoms with E-state index in [0.717, 1.165) is 32.1 Å². The highest BCUT2D eigenvalue weighted by molar-refractivity contribution is 5.96. The van der Waals surface area contributed by atoms with Crippen LogP contribution < -0.4 is 14.8 Å². The molecule has 4 atom stereocenters. The van der Waals surface area contributed by atoms with Crippen molar-refractivity contribution in [3.63, 3.8) is 0 Å². The van der Waals surface area contributed by atoms with Gasteiger partial charge in [0, 0.05) is 30.6 Å². The number of hydrogen-bond acceptors (Lipinski definition) is 7. The van der Waals surface area contributed by atoms with Crippen molar-refractivity contribution in [2.75, 3.05) is 26.8 Å². The molecular formula is C29H42N2O7. The zero-order chi connectivity index (χ0) is 27.4. The molecule has 0 spiro atoms. The van der Waals surface area contributed by atoms with Crippen LogP contribution in [0.15, 0.2) is 23.8 Å². The third-order valence-electron chi connectivity index (χ3n) is 8.06. The van der Waals surface area contributed by atoms with E-state index in [1.54, 1.807) is 23.1 Å². The number of rotatable bonds is 11. The number of nitrogens with one attached hydrogen (secondary N) is 1. The fraction of sp³-hybridized carbons (Fsp3) is 0.655. The molecule has 1 aliphatic heterocycles. The van der Waals surface area contributed by atoms with E-state index in [4.69, 9.17) is 9.47 Å². The molecule has 9 heteroatoms. The number of amides is 2. The van der Waals surface area contributed by atoms with Crippen molar-refractivity contribution >= 4 is 11.8 Å². The number of aliphatic hydroxyl groups excluding tert-OH is 3. The van der Waals surface area contributed by atoms with Crippen LogP contribution in [0.2, 0.25) is 0 Å². The summed E-state index contributed by atoms with van der Waals surface area (Å²) in [5, 5.41) is 33.6. The van der Waals surface area contributed by atoms with Crippen molar-refractivity contribution in [1.29, 1.82) is 0 Å². The van der Waals surface area contributed by atoms with Gasteiger partial charge in [0.05, 0.1) is 32.3 Å². The second-order valence-electron chi connectivity index (χ2n) is 11.1. The molecule has 0 bridgehead atoms. The Hall–Kier alpha value is -2.62. The van der Waals surface area contributed by atoms with Crippen molar-refractivity contribution in [2.45, 2.75) is 83.1 Å². The van der Waals surface area contributed by atoms with E-state index in [1.165, 1.54) is 7.11 Å². The van der Waals surface area contributed by atoms with Gasteiger partial charge in [0.25, 0.3) is 0 Å². The van der Waals surface area contributed by atoms with Crippen LogP contribution in [0, 0.1) is 11.8 Å². The van der Waals surface area contributed by atoms with Gasteiger partial charge in [-0.3, -0.25) is 9.59 Å². The number of carbonyl (C=O) groups is 2. The van der Waals surface area contributed by atoms with Gasteiger partial charge in [0.1, 0.15) is 12.2 Å². The summed E-state index contributed by atoms with van der Waals surface area (Å²) in [6.07, 6.45) is 5.36. The number of aliphatic hydroxyl groups is 3. The Kier molecular flexibility index (Phi) is 9.33. The third-order valence-corrected chi connectivity index (χ3v) is 8.06. The summed E-state index contributed by atoms with van der Waals surface area (Å²) in [6, 6.07) is 2.70. The SMILES string of the molecule is COc1cc(CO)cc2c1O[C@@H]1[C@@H](O)[C@H](N(CCC(C)C)C(=O)CC3CCCC3)C=C(C(=O)NCCO)[C@H]21. The van der Waals surface area contributed by atoms with Gasteiger partial charge in [-0.05, 0) is 54.9 Å². The predicted molar refractivity (Wildman–Crippen MR) is 142 cm³/mol. The lowest BCUT2D eigenvalue weighted by molar-refractivity contribution is -0.138. The number of ether oxygens (including phenoxy) is 2. The second kappa shape index (κ2) is 12.5. The lowest BCUT2D eigenvalue weighted by Gasteiger charge is -2.41. The Morgan fingerprint density at radius 3 is 2.58 bits per heavy atom. The Bertz CT molecular complexity index is 1030. The van der Waals surface area contributed by atoms with Crippen molar-refractivity contribution < 1.29 is 34.4 Å². The molecule has 2 aliphatic carbocycles. The Morgan fingerprint density at radius 1 is 1.21 bits per heavy atom. The molecular weight excluding hydrogens is 488 g/mol. The minimum Gasteiger partial charge on any atom is -0.493 e. The molecule has 0 radical (unpaired) electrons. The molecule has 1 heterocycles. The molecule has 38 heavy (non-hydrogen) atoms. The van der Waals surface area contributed by atoms with E-state index in [9.17, 15) is 24.9 Å². The molecule has 0 unspecified atom stereocenters. The lowest BCUT2D eigenvalue weighted by atomic mass is 9.77. The maximum atomic E-state index is 13.7. The number of hydrogen-bond donors (Lipinski definition) is 4. The zero-order valence-electron chi connectivity index (χ0n) is 22.7. The van der Waals surface area contributed by atoms with Gasteiger partial charge in [0.15, 0.2) is 11.5 Å². The highest BCUT2D eigenvalue weighted by Gasteiger charge is 2.51. The van der Waals surface area contributed by atoms with Crippen molar-refractivity contribution in [3.05, 3.63) is 34.9 Å². The van der Waals surface area contributed by atoms with Gasteiger partial charge < -0.3 is 35.0 Å². The Morgan fingerprint density at radius 2 is 1.95 bits per heavy atom. The molecule has 0 saturated heterocycles. The summed E-state index contributed by atoms with van der Waals surface area (Å²) in [6.45, 7) is 4.30. The number of nitrogens with zero attached hydrogens (tertiary/aromatic N) is 1. The molecule has 4 N–H and O–H groups in total. The van der Waals surface area contributed by atoms with Gasteiger partial charge in [-0.25, -0.2) is 0 Å². The Labute approximate surface area is 224 Å². The molecule has 210 valence electrons. The van der Waals surface area contributed by atoms with E-state index >= 15 is 0 Å². The maximum absolute atomic E-state index is 13.7. The first-order chi connectivity index (χ1) is 18.3. The summed E-state index contributed by atoms with van der Waals surface area (Å²) >= 11 is 0. The largest absolute Gasteiger partial charge is 0.493 e. The number of methoxy groups -OCH3 is 1. The molecule has 1 aromatic carbocycles. The first-order valence-corrected chi connectivity index (χ1v) is 13.9. The van der Waals surface area contributed by atoms with Crippen molar-refractivity contribution in [1.82, 2.24) is 10.2 Å². The monoisotopic (exact) mass is 530 g/mol. The molecule has 1 saturated carbocycles. The summed E-state index contributed by atoms with van der Waals surface area (Å²) in [4.78, 5) is 28.8. The van der Waals surface area contributed by atoms with Crippen LogP contribution in [0.1, 0.15) is 69.4 Å². The highest BCUT2D eigenvalue weighted by Crippen LogP contribution is 2.51. The van der Waals surface area contributed by atoms with E-state index in [-0.39, 0.29) is 31.6 Å². The van der Waals surface area contributed by atoms with Gasteiger partial charge in [-0.2, -0.15) is 0 Å². The van der Waals surface area contributed by atoms with Crippen LogP contribution in [-0.2, 0) is 16.2 Å². The van der Waals surface area contributed by atoms with Crippen molar-refractivity contribution in [3.8, 4) is 11.5 Å². The third kappa shape index (κ3) is 5.84. The summed E-state index contributed by atoms with van der Waals surface area (Å²) < 4.78 is 11.8. The lowest BCUT2D eigenvalue weighted by Crippen LogP contribution is -2.56. The van der Waals surface area contributed by atoms with Crippen LogP contribution in [-0.4, -0.2) is 77.1 Å². The minimum absolute atomic E-state index is 0.0120. The fourth-order valence-corrected chi connectivity index (χ4v) is 6.04. The molecule has 1 aromatic rings. The van der Waals surface area contributed by atoms with Gasteiger partial charge in [-0.15, -0.1) is 0 Å². The van der Waals surface area contributed by atoms with Crippen LogP contribution in [0.3, 0.4) is 0 Å². The standard InChI is InChI=1S/C29H42N2O7/c1-17(2)8-10-31(24(34)14-18-6-4-5-7-18)22-15-21(29(36)30-9-11-32)25-20-12-19(16-33)13-23(37-3)27(20)38-28(25)26(22)35/h12-13,15,17-18,22,25-26,28,32-33,35H,4-11,14,16H2,1-3H3,(H,30,36)/t22-,25+,26+,28+/m1/s1. The average Bonchev–Trinajstić information content (AvgIpc) is 3.55.